The van der Waals surface area contributed by atoms with Crippen LogP contribution in [-0.2, 0) is 14.4 Å². The van der Waals surface area contributed by atoms with Gasteiger partial charge in [0.15, 0.2) is 5.78 Å². The van der Waals surface area contributed by atoms with Gasteiger partial charge in [0, 0.05) is 0 Å². The summed E-state index contributed by atoms with van der Waals surface area (Å²) in [6.07, 6.45) is 1.88. The minimum absolute atomic E-state index is 0.255. The summed E-state index contributed by atoms with van der Waals surface area (Å²) < 4.78 is 0. The molecule has 0 fully saturated rings. The van der Waals surface area contributed by atoms with Crippen LogP contribution in [0.4, 0.5) is 0 Å². The average molecular weight is 124 g/mol. The molecule has 46 valence electrons. The quantitative estimate of drug-likeness (QED) is 0.327. The van der Waals surface area contributed by atoms with Crippen molar-refractivity contribution in [1.29, 1.82) is 0 Å². The van der Waals surface area contributed by atoms with Gasteiger partial charge >= 0.3 is 0 Å². The Morgan fingerprint density at radius 1 is 1.11 bits per heavy atom. The Bertz CT molecular complexity index is 212. The van der Waals surface area contributed by atoms with Crippen molar-refractivity contribution in [3.63, 3.8) is 0 Å². The van der Waals surface area contributed by atoms with Crippen molar-refractivity contribution < 1.29 is 14.4 Å². The summed E-state index contributed by atoms with van der Waals surface area (Å²) in [5.74, 6) is -1.48. The minimum Gasteiger partial charge on any atom is -0.294 e. The van der Waals surface area contributed by atoms with Gasteiger partial charge in [0.05, 0.1) is 6.42 Å². The van der Waals surface area contributed by atoms with Gasteiger partial charge in [0.2, 0.25) is 11.6 Å². The molecule has 0 atom stereocenters. The predicted molar refractivity (Wildman–Crippen MR) is 28.8 cm³/mol. The Labute approximate surface area is 51.4 Å². The van der Waals surface area contributed by atoms with Gasteiger partial charge in [-0.05, 0) is 12.2 Å². The van der Waals surface area contributed by atoms with Crippen LogP contribution in [0.1, 0.15) is 6.42 Å². The second-order valence-electron chi connectivity index (χ2n) is 1.76. The molecule has 1 aliphatic rings. The molecular weight excluding hydrogens is 120 g/mol. The Kier molecular flexibility index (Phi) is 1.26. The maximum atomic E-state index is 10.4. The van der Waals surface area contributed by atoms with E-state index in [1.807, 2.05) is 0 Å². The van der Waals surface area contributed by atoms with E-state index in [-0.39, 0.29) is 12.2 Å². The number of carbonyl (C=O) groups excluding carboxylic acids is 3. The topological polar surface area (TPSA) is 51.2 Å². The SMILES string of the molecule is O=C1C=CC(=O)C(=O)C1. The van der Waals surface area contributed by atoms with Crippen LogP contribution in [0.2, 0.25) is 0 Å². The number of hydrogen-bond acceptors (Lipinski definition) is 3. The fraction of sp³-hybridized carbons (Fsp3) is 0.167. The van der Waals surface area contributed by atoms with Crippen molar-refractivity contribution in [2.24, 2.45) is 0 Å². The lowest BCUT2D eigenvalue weighted by Crippen LogP contribution is -2.19. The number of Topliss-reactive ketones (excluding diaryl/α,β-unsaturated/α-hetero) is 1. The van der Waals surface area contributed by atoms with Crippen LogP contribution >= 0.6 is 0 Å². The predicted octanol–water partition coefficient (Wildman–Crippen LogP) is -0.346. The fourth-order valence-corrected chi connectivity index (χ4v) is 0.566. The Morgan fingerprint density at radius 2 is 1.78 bits per heavy atom. The third-order valence-electron chi connectivity index (χ3n) is 1.03. The maximum absolute atomic E-state index is 10.4. The first-order valence-electron chi connectivity index (χ1n) is 2.48. The molecule has 0 unspecified atom stereocenters. The molecule has 0 saturated carbocycles. The normalized spacial score (nSPS) is 18.9. The van der Waals surface area contributed by atoms with Crippen LogP contribution in [0.25, 0.3) is 0 Å². The highest BCUT2D eigenvalue weighted by Crippen LogP contribution is 1.97. The zero-order chi connectivity index (χ0) is 6.85. The molecule has 3 heteroatoms. The molecule has 0 bridgehead atoms. The molecule has 0 amide bonds. The van der Waals surface area contributed by atoms with E-state index in [1.54, 1.807) is 0 Å². The molecule has 0 N–H and O–H groups in total. The van der Waals surface area contributed by atoms with E-state index >= 15 is 0 Å². The van der Waals surface area contributed by atoms with Crippen LogP contribution in [0.3, 0.4) is 0 Å². The standard InChI is InChI=1S/C6H4O3/c7-4-1-2-5(8)6(9)3-4/h1-2H,3H2. The molecule has 0 aromatic rings. The lowest BCUT2D eigenvalue weighted by atomic mass is 10.0. The van der Waals surface area contributed by atoms with Gasteiger partial charge in [-0.3, -0.25) is 14.4 Å². The van der Waals surface area contributed by atoms with Crippen LogP contribution in [0, 0.1) is 0 Å². The van der Waals surface area contributed by atoms with Crippen LogP contribution in [0.15, 0.2) is 12.2 Å². The highest BCUT2D eigenvalue weighted by atomic mass is 16.2. The zero-order valence-electron chi connectivity index (χ0n) is 4.59. The lowest BCUT2D eigenvalue weighted by molar-refractivity contribution is -0.136. The average Bonchev–Trinajstić information content (AvgIpc) is 1.80. The van der Waals surface area contributed by atoms with E-state index in [0.717, 1.165) is 12.2 Å². The largest absolute Gasteiger partial charge is 0.294 e. The number of ketones is 3. The molecule has 0 aliphatic heterocycles. The van der Waals surface area contributed by atoms with Gasteiger partial charge in [-0.2, -0.15) is 0 Å². The second kappa shape index (κ2) is 1.93. The number of allylic oxidation sites excluding steroid dienone is 2. The zero-order valence-corrected chi connectivity index (χ0v) is 4.59. The summed E-state index contributed by atoms with van der Waals surface area (Å²) >= 11 is 0. The molecule has 0 radical (unpaired) electrons. The van der Waals surface area contributed by atoms with Gasteiger partial charge in [-0.15, -0.1) is 0 Å². The van der Waals surface area contributed by atoms with E-state index in [9.17, 15) is 14.4 Å². The van der Waals surface area contributed by atoms with E-state index in [0.29, 0.717) is 0 Å². The van der Waals surface area contributed by atoms with Gasteiger partial charge in [0.1, 0.15) is 0 Å². The van der Waals surface area contributed by atoms with Crippen molar-refractivity contribution >= 4 is 17.3 Å². The molecule has 0 spiro atoms. The van der Waals surface area contributed by atoms with Gasteiger partial charge in [0.25, 0.3) is 0 Å². The number of hydrogen-bond donors (Lipinski definition) is 0. The molecule has 9 heavy (non-hydrogen) atoms. The lowest BCUT2D eigenvalue weighted by Gasteiger charge is -1.96. The molecule has 3 nitrogen and oxygen atoms in total. The van der Waals surface area contributed by atoms with Gasteiger partial charge in [-0.25, -0.2) is 0 Å². The molecule has 0 saturated heterocycles. The second-order valence-corrected chi connectivity index (χ2v) is 1.76. The minimum atomic E-state index is -0.609. The smallest absolute Gasteiger partial charge is 0.222 e. The third kappa shape index (κ3) is 1.10. The van der Waals surface area contributed by atoms with Crippen molar-refractivity contribution in [2.75, 3.05) is 0 Å². The first-order chi connectivity index (χ1) is 4.20. The highest BCUT2D eigenvalue weighted by Gasteiger charge is 2.18. The molecule has 1 aliphatic carbocycles. The fourth-order valence-electron chi connectivity index (χ4n) is 0.566. The first kappa shape index (κ1) is 5.88. The van der Waals surface area contributed by atoms with Crippen molar-refractivity contribution in [3.05, 3.63) is 12.2 Å². The van der Waals surface area contributed by atoms with Crippen molar-refractivity contribution in [1.82, 2.24) is 0 Å². The Morgan fingerprint density at radius 3 is 2.22 bits per heavy atom. The summed E-state index contributed by atoms with van der Waals surface area (Å²) in [6, 6.07) is 0. The number of rotatable bonds is 0. The van der Waals surface area contributed by atoms with Crippen molar-refractivity contribution in [2.45, 2.75) is 6.42 Å². The summed E-state index contributed by atoms with van der Waals surface area (Å²) in [5.41, 5.74) is 0. The molecule has 1 rings (SSSR count). The molecule has 0 aromatic heterocycles. The van der Waals surface area contributed by atoms with E-state index < -0.39 is 11.6 Å². The summed E-state index contributed by atoms with van der Waals surface area (Å²) in [5, 5.41) is 0. The monoisotopic (exact) mass is 124 g/mol. The molecule has 0 aromatic carbocycles. The number of carbonyl (C=O) groups is 3. The molecule has 0 heterocycles. The van der Waals surface area contributed by atoms with E-state index in [4.69, 9.17) is 0 Å². The van der Waals surface area contributed by atoms with E-state index in [1.165, 1.54) is 0 Å². The van der Waals surface area contributed by atoms with Gasteiger partial charge in [-0.1, -0.05) is 0 Å². The summed E-state index contributed by atoms with van der Waals surface area (Å²) in [7, 11) is 0. The highest BCUT2D eigenvalue weighted by molar-refractivity contribution is 6.47. The maximum Gasteiger partial charge on any atom is 0.222 e. The van der Waals surface area contributed by atoms with Gasteiger partial charge < -0.3 is 0 Å². The summed E-state index contributed by atoms with van der Waals surface area (Å²) in [6.45, 7) is 0. The van der Waals surface area contributed by atoms with Crippen LogP contribution in [0.5, 0.6) is 0 Å². The Hall–Kier alpha value is -1.25. The third-order valence-corrected chi connectivity index (χ3v) is 1.03. The molecular formula is C6H4O3. The van der Waals surface area contributed by atoms with Crippen LogP contribution < -0.4 is 0 Å². The van der Waals surface area contributed by atoms with Crippen molar-refractivity contribution in [3.8, 4) is 0 Å². The first-order valence-corrected chi connectivity index (χ1v) is 2.48. The summed E-state index contributed by atoms with van der Waals surface area (Å²) in [4.78, 5) is 31.1. The van der Waals surface area contributed by atoms with E-state index in [2.05, 4.69) is 0 Å². The van der Waals surface area contributed by atoms with Crippen LogP contribution in [-0.4, -0.2) is 17.3 Å². The Balaban J connectivity index is 2.89.